The number of hydrogen-bond acceptors (Lipinski definition) is 5. The molecule has 0 aromatic heterocycles. The van der Waals surface area contributed by atoms with Crippen molar-refractivity contribution in [3.05, 3.63) is 64.7 Å². The number of hydrogen-bond donors (Lipinski definition) is 0. The molecule has 2 saturated heterocycles. The van der Waals surface area contributed by atoms with E-state index >= 15 is 0 Å². The lowest BCUT2D eigenvalue weighted by Crippen LogP contribution is -2.46. The highest BCUT2D eigenvalue weighted by Gasteiger charge is 2.31. The fourth-order valence-electron chi connectivity index (χ4n) is 4.75. The molecule has 0 spiro atoms. The second kappa shape index (κ2) is 10.3. The van der Waals surface area contributed by atoms with Crippen molar-refractivity contribution in [3.63, 3.8) is 0 Å². The van der Waals surface area contributed by atoms with Crippen molar-refractivity contribution in [1.29, 1.82) is 5.26 Å². The summed E-state index contributed by atoms with van der Waals surface area (Å²) in [7, 11) is -3.58. The Kier molecular flexibility index (Phi) is 7.49. The Balaban J connectivity index is 1.32. The molecular weight excluding hydrogens is 444 g/mol. The van der Waals surface area contributed by atoms with Gasteiger partial charge in [0.15, 0.2) is 0 Å². The zero-order valence-corrected chi connectivity index (χ0v) is 19.7. The van der Waals surface area contributed by atoms with Gasteiger partial charge in [-0.25, -0.2) is 8.42 Å². The summed E-state index contributed by atoms with van der Waals surface area (Å²) in [5, 5.41) is 9.38. The molecule has 0 aliphatic carbocycles. The SMILES string of the molecule is N#Cc1cccc(CN2CCC(N3CCCN(S(=O)(=O)c4ccccc4Cl)CC3)CC2)c1. The average Bonchev–Trinajstić information content (AvgIpc) is 3.07. The maximum Gasteiger partial charge on any atom is 0.244 e. The van der Waals surface area contributed by atoms with Crippen LogP contribution in [0.25, 0.3) is 0 Å². The highest BCUT2D eigenvalue weighted by molar-refractivity contribution is 7.89. The van der Waals surface area contributed by atoms with E-state index in [1.54, 1.807) is 28.6 Å². The van der Waals surface area contributed by atoms with Crippen LogP contribution < -0.4 is 0 Å². The van der Waals surface area contributed by atoms with Crippen LogP contribution in [0.4, 0.5) is 0 Å². The molecule has 0 N–H and O–H groups in total. The number of likely N-dealkylation sites (tertiary alicyclic amines) is 1. The summed E-state index contributed by atoms with van der Waals surface area (Å²) in [4.78, 5) is 5.11. The molecule has 0 bridgehead atoms. The molecule has 8 heteroatoms. The molecule has 0 saturated carbocycles. The van der Waals surface area contributed by atoms with Crippen molar-refractivity contribution in [1.82, 2.24) is 14.1 Å². The van der Waals surface area contributed by atoms with E-state index in [-0.39, 0.29) is 9.92 Å². The average molecular weight is 473 g/mol. The van der Waals surface area contributed by atoms with Crippen molar-refractivity contribution in [2.24, 2.45) is 0 Å². The minimum atomic E-state index is -3.58. The monoisotopic (exact) mass is 472 g/mol. The first-order valence-corrected chi connectivity index (χ1v) is 13.0. The Hall–Kier alpha value is -1.95. The first-order chi connectivity index (χ1) is 15.5. The minimum Gasteiger partial charge on any atom is -0.299 e. The van der Waals surface area contributed by atoms with Gasteiger partial charge in [-0.15, -0.1) is 0 Å². The van der Waals surface area contributed by atoms with E-state index in [0.717, 1.165) is 52.0 Å². The van der Waals surface area contributed by atoms with Gasteiger partial charge in [-0.05, 0) is 68.7 Å². The number of halogens is 1. The first-order valence-electron chi connectivity index (χ1n) is 11.2. The van der Waals surface area contributed by atoms with E-state index in [9.17, 15) is 8.42 Å². The normalized spacial score (nSPS) is 20.0. The Labute approximate surface area is 196 Å². The number of sulfonamides is 1. The third kappa shape index (κ3) is 5.33. The molecule has 2 aliphatic heterocycles. The fraction of sp³-hybridized carbons (Fsp3) is 0.458. The summed E-state index contributed by atoms with van der Waals surface area (Å²) in [6.45, 7) is 5.58. The number of nitrogens with zero attached hydrogens (tertiary/aromatic N) is 4. The first kappa shape index (κ1) is 23.2. The fourth-order valence-corrected chi connectivity index (χ4v) is 6.72. The third-order valence-corrected chi connectivity index (χ3v) is 8.88. The van der Waals surface area contributed by atoms with Crippen molar-refractivity contribution in [2.45, 2.75) is 36.7 Å². The van der Waals surface area contributed by atoms with Crippen LogP contribution in [0, 0.1) is 11.3 Å². The third-order valence-electron chi connectivity index (χ3n) is 6.48. The Morgan fingerprint density at radius 2 is 1.75 bits per heavy atom. The van der Waals surface area contributed by atoms with Crippen LogP contribution in [0.3, 0.4) is 0 Å². The van der Waals surface area contributed by atoms with Crippen molar-refractivity contribution >= 4 is 21.6 Å². The van der Waals surface area contributed by atoms with E-state index < -0.39 is 10.0 Å². The number of rotatable bonds is 5. The van der Waals surface area contributed by atoms with E-state index in [4.69, 9.17) is 16.9 Å². The Bertz CT molecular complexity index is 1080. The van der Waals surface area contributed by atoms with Gasteiger partial charge in [0.1, 0.15) is 4.90 Å². The van der Waals surface area contributed by atoms with Crippen LogP contribution in [0.5, 0.6) is 0 Å². The van der Waals surface area contributed by atoms with Crippen molar-refractivity contribution < 1.29 is 8.42 Å². The number of piperidine rings is 1. The molecule has 0 radical (unpaired) electrons. The molecule has 6 nitrogen and oxygen atoms in total. The second-order valence-electron chi connectivity index (χ2n) is 8.54. The molecule has 32 heavy (non-hydrogen) atoms. The molecular formula is C24H29ClN4O2S. The van der Waals surface area contributed by atoms with Gasteiger partial charge in [-0.2, -0.15) is 9.57 Å². The van der Waals surface area contributed by atoms with Gasteiger partial charge in [0.2, 0.25) is 10.0 Å². The number of benzene rings is 2. The van der Waals surface area contributed by atoms with Gasteiger partial charge in [0, 0.05) is 32.2 Å². The van der Waals surface area contributed by atoms with Crippen LogP contribution in [-0.2, 0) is 16.6 Å². The van der Waals surface area contributed by atoms with Crippen molar-refractivity contribution in [3.8, 4) is 6.07 Å². The predicted octanol–water partition coefficient (Wildman–Crippen LogP) is 3.57. The van der Waals surface area contributed by atoms with Crippen LogP contribution >= 0.6 is 11.6 Å². The summed E-state index contributed by atoms with van der Waals surface area (Å²) in [6.07, 6.45) is 2.98. The molecule has 2 fully saturated rings. The van der Waals surface area contributed by atoms with Gasteiger partial charge in [0.25, 0.3) is 0 Å². The Morgan fingerprint density at radius 1 is 0.969 bits per heavy atom. The molecule has 2 aromatic rings. The topological polar surface area (TPSA) is 67.7 Å². The largest absolute Gasteiger partial charge is 0.299 e. The highest BCUT2D eigenvalue weighted by Crippen LogP contribution is 2.26. The van der Waals surface area contributed by atoms with Gasteiger partial charge < -0.3 is 0 Å². The maximum absolute atomic E-state index is 13.1. The van der Waals surface area contributed by atoms with Gasteiger partial charge in [-0.3, -0.25) is 9.80 Å². The zero-order valence-electron chi connectivity index (χ0n) is 18.2. The van der Waals surface area contributed by atoms with Crippen LogP contribution in [0.15, 0.2) is 53.4 Å². The lowest BCUT2D eigenvalue weighted by Gasteiger charge is -2.38. The number of nitriles is 1. The Morgan fingerprint density at radius 3 is 2.50 bits per heavy atom. The van der Waals surface area contributed by atoms with Gasteiger partial charge >= 0.3 is 0 Å². The van der Waals surface area contributed by atoms with Crippen LogP contribution in [0.1, 0.15) is 30.4 Å². The molecule has 170 valence electrons. The summed E-state index contributed by atoms with van der Waals surface area (Å²) < 4.78 is 27.8. The second-order valence-corrected chi connectivity index (χ2v) is 10.9. The molecule has 0 atom stereocenters. The predicted molar refractivity (Wildman–Crippen MR) is 126 cm³/mol. The molecule has 2 aliphatic rings. The van der Waals surface area contributed by atoms with E-state index in [1.165, 1.54) is 5.56 Å². The van der Waals surface area contributed by atoms with E-state index in [0.29, 0.717) is 24.7 Å². The zero-order chi connectivity index (χ0) is 22.6. The highest BCUT2D eigenvalue weighted by atomic mass is 35.5. The lowest BCUT2D eigenvalue weighted by atomic mass is 10.0. The summed E-state index contributed by atoms with van der Waals surface area (Å²) in [6, 6.07) is 17.2. The molecule has 2 heterocycles. The van der Waals surface area contributed by atoms with Crippen LogP contribution in [-0.4, -0.2) is 67.8 Å². The van der Waals surface area contributed by atoms with Gasteiger partial charge in [0.05, 0.1) is 16.7 Å². The standard InChI is InChI=1S/C24H29ClN4O2S/c25-23-7-1-2-8-24(23)32(30,31)29-12-4-11-28(15-16-29)22-9-13-27(14-10-22)19-21-6-3-5-20(17-21)18-26/h1-3,5-8,17,22H,4,9-16,19H2. The van der Waals surface area contributed by atoms with E-state index in [1.807, 2.05) is 18.2 Å². The smallest absolute Gasteiger partial charge is 0.244 e. The molecule has 4 rings (SSSR count). The summed E-state index contributed by atoms with van der Waals surface area (Å²) in [5.74, 6) is 0. The van der Waals surface area contributed by atoms with Crippen molar-refractivity contribution in [2.75, 3.05) is 39.3 Å². The quantitative estimate of drug-likeness (QED) is 0.665. The van der Waals surface area contributed by atoms with Crippen LogP contribution in [0.2, 0.25) is 5.02 Å². The molecule has 2 aromatic carbocycles. The summed E-state index contributed by atoms with van der Waals surface area (Å²) in [5.41, 5.74) is 1.89. The molecule has 0 amide bonds. The molecule has 0 unspecified atom stereocenters. The maximum atomic E-state index is 13.1. The lowest BCUT2D eigenvalue weighted by molar-refractivity contribution is 0.108. The minimum absolute atomic E-state index is 0.198. The van der Waals surface area contributed by atoms with Gasteiger partial charge in [-0.1, -0.05) is 35.9 Å². The van der Waals surface area contributed by atoms with E-state index in [2.05, 4.69) is 21.9 Å². The summed E-state index contributed by atoms with van der Waals surface area (Å²) >= 11 is 6.17.